The average Bonchev–Trinajstić information content (AvgIpc) is 3.87. The van der Waals surface area contributed by atoms with Crippen LogP contribution in [0.1, 0.15) is 98.1 Å². The molecule has 1 saturated carbocycles. The highest BCUT2D eigenvalue weighted by Crippen LogP contribution is 2.47. The van der Waals surface area contributed by atoms with Crippen molar-refractivity contribution in [3.63, 3.8) is 0 Å². The molecule has 2 aromatic rings. The van der Waals surface area contributed by atoms with Crippen molar-refractivity contribution in [3.05, 3.63) is 71.8 Å². The summed E-state index contributed by atoms with van der Waals surface area (Å²) in [6.45, 7) is 12.8. The van der Waals surface area contributed by atoms with Crippen molar-refractivity contribution in [2.45, 2.75) is 112 Å². The number of nitrogens with zero attached hydrogens (tertiary/aromatic N) is 1. The van der Waals surface area contributed by atoms with E-state index >= 15 is 0 Å². The van der Waals surface area contributed by atoms with Gasteiger partial charge < -0.3 is 15.4 Å². The van der Waals surface area contributed by atoms with E-state index in [2.05, 4.69) is 15.5 Å². The zero-order valence-electron chi connectivity index (χ0n) is 32.0. The number of Topliss-reactive ketones (excluding diaryl/α,β-unsaturated/α-hetero) is 3. The second-order valence-corrected chi connectivity index (χ2v) is 16.2. The molecule has 0 spiro atoms. The topological polar surface area (TPSA) is 122 Å². The van der Waals surface area contributed by atoms with Crippen LogP contribution >= 0.6 is 0 Å². The highest BCUT2D eigenvalue weighted by molar-refractivity contribution is 5.97. The highest BCUT2D eigenvalue weighted by Gasteiger charge is 2.48. The van der Waals surface area contributed by atoms with Crippen molar-refractivity contribution in [1.82, 2.24) is 15.5 Å². The zero-order chi connectivity index (χ0) is 37.7. The fourth-order valence-corrected chi connectivity index (χ4v) is 7.08. The van der Waals surface area contributed by atoms with Gasteiger partial charge in [0.2, 0.25) is 11.8 Å². The van der Waals surface area contributed by atoms with Crippen molar-refractivity contribution in [1.29, 1.82) is 0 Å². The Balaban J connectivity index is 0.00000756. The van der Waals surface area contributed by atoms with Crippen LogP contribution in [0.4, 0.5) is 0 Å². The monoisotopic (exact) mass is 731 g/mol. The van der Waals surface area contributed by atoms with Crippen LogP contribution in [-0.2, 0) is 41.6 Å². The first-order chi connectivity index (χ1) is 24.8. The number of morpholine rings is 1. The van der Waals surface area contributed by atoms with Gasteiger partial charge in [-0.1, -0.05) is 103 Å². The van der Waals surface area contributed by atoms with E-state index in [1.807, 2.05) is 95.3 Å². The van der Waals surface area contributed by atoms with Gasteiger partial charge in [-0.25, -0.2) is 0 Å². The maximum atomic E-state index is 14.2. The molecular formula is C44H65N3O6. The lowest BCUT2D eigenvalue weighted by molar-refractivity contribution is -0.136. The van der Waals surface area contributed by atoms with Crippen molar-refractivity contribution in [3.8, 4) is 0 Å². The Morgan fingerprint density at radius 1 is 0.736 bits per heavy atom. The molecule has 2 fully saturated rings. The smallest absolute Gasteiger partial charge is 0.224 e. The van der Waals surface area contributed by atoms with E-state index in [1.54, 1.807) is 0 Å². The van der Waals surface area contributed by atoms with Gasteiger partial charge in [0.05, 0.1) is 31.8 Å². The number of aryl methyl sites for hydroxylation is 1. The second kappa shape index (κ2) is 21.3. The van der Waals surface area contributed by atoms with Gasteiger partial charge in [0.1, 0.15) is 5.78 Å². The van der Waals surface area contributed by atoms with E-state index < -0.39 is 29.3 Å². The summed E-state index contributed by atoms with van der Waals surface area (Å²) in [5.74, 6) is -1.83. The minimum absolute atomic E-state index is 0. The number of benzene rings is 2. The number of amides is 2. The molecule has 9 nitrogen and oxygen atoms in total. The summed E-state index contributed by atoms with van der Waals surface area (Å²) in [5.41, 5.74) is 1.60. The molecule has 9 heteroatoms. The molecular weight excluding hydrogens is 666 g/mol. The van der Waals surface area contributed by atoms with E-state index in [9.17, 15) is 24.0 Å². The molecule has 292 valence electrons. The lowest BCUT2D eigenvalue weighted by Crippen LogP contribution is -2.49. The molecule has 0 radical (unpaired) electrons. The largest absolute Gasteiger partial charge is 0.379 e. The molecule has 4 rings (SSSR count). The first kappa shape index (κ1) is 43.7. The number of hydrogen-bond acceptors (Lipinski definition) is 7. The normalized spacial score (nSPS) is 17.6. The molecule has 1 heterocycles. The molecule has 2 aromatic carbocycles. The number of rotatable bonds is 22. The molecule has 2 aliphatic rings. The van der Waals surface area contributed by atoms with Crippen molar-refractivity contribution in [2.24, 2.45) is 29.1 Å². The van der Waals surface area contributed by atoms with Gasteiger partial charge in [-0.05, 0) is 67.9 Å². The van der Waals surface area contributed by atoms with E-state index in [0.29, 0.717) is 58.4 Å². The lowest BCUT2D eigenvalue weighted by Gasteiger charge is -2.28. The summed E-state index contributed by atoms with van der Waals surface area (Å²) < 4.78 is 5.43. The molecule has 1 aliphatic carbocycles. The molecule has 1 aliphatic heterocycles. The third kappa shape index (κ3) is 14.6. The third-order valence-electron chi connectivity index (χ3n) is 10.5. The predicted molar refractivity (Wildman–Crippen MR) is 210 cm³/mol. The van der Waals surface area contributed by atoms with E-state index in [1.165, 1.54) is 0 Å². The van der Waals surface area contributed by atoms with Gasteiger partial charge >= 0.3 is 0 Å². The second-order valence-electron chi connectivity index (χ2n) is 16.2. The first-order valence-corrected chi connectivity index (χ1v) is 19.4. The molecule has 4 atom stereocenters. The Labute approximate surface area is 318 Å². The summed E-state index contributed by atoms with van der Waals surface area (Å²) in [6.07, 6.45) is 4.02. The molecule has 0 unspecified atom stereocenters. The quantitative estimate of drug-likeness (QED) is 0.144. The molecule has 1 saturated heterocycles. The van der Waals surface area contributed by atoms with Gasteiger partial charge in [0, 0.05) is 43.2 Å². The maximum absolute atomic E-state index is 14.2. The molecule has 2 N–H and O–H groups in total. The standard InChI is InChI=1S/C43H61N3O6.CH4/c1-30(2)24-37(44-41(50)34(17-16-32-12-8-6-9-13-32)27-36(47)29-46-20-22-52-23-21-46)39(48)28-35(26-33-14-10-7-11-15-33)42(51)45-38(25-31(3)4)40(49)43(5)18-19-43;/h6-15,30-31,34-35,37-38H,16-29H2,1-5H3,(H,44,50)(H,45,51);1H4/t34-,35-,37+,38+;/m1./s1. The summed E-state index contributed by atoms with van der Waals surface area (Å²) in [6, 6.07) is 18.1. The molecule has 0 aromatic heterocycles. The number of carbonyl (C=O) groups is 5. The summed E-state index contributed by atoms with van der Waals surface area (Å²) >= 11 is 0. The summed E-state index contributed by atoms with van der Waals surface area (Å²) in [7, 11) is 0. The molecule has 2 amide bonds. The molecule has 53 heavy (non-hydrogen) atoms. The van der Waals surface area contributed by atoms with Crippen LogP contribution in [0, 0.1) is 29.1 Å². The Kier molecular flexibility index (Phi) is 17.5. The van der Waals surface area contributed by atoms with Gasteiger partial charge in [0.15, 0.2) is 11.6 Å². The number of hydrogen-bond donors (Lipinski definition) is 2. The van der Waals surface area contributed by atoms with E-state index in [0.717, 1.165) is 24.0 Å². The predicted octanol–water partition coefficient (Wildman–Crippen LogP) is 6.41. The maximum Gasteiger partial charge on any atom is 0.224 e. The molecule has 0 bridgehead atoms. The minimum Gasteiger partial charge on any atom is -0.379 e. The summed E-state index contributed by atoms with van der Waals surface area (Å²) in [4.78, 5) is 71.2. The van der Waals surface area contributed by atoms with Gasteiger partial charge in [-0.15, -0.1) is 0 Å². The van der Waals surface area contributed by atoms with Crippen LogP contribution in [0.5, 0.6) is 0 Å². The van der Waals surface area contributed by atoms with Crippen LogP contribution in [0.25, 0.3) is 0 Å². The average molecular weight is 732 g/mol. The first-order valence-electron chi connectivity index (χ1n) is 19.4. The van der Waals surface area contributed by atoms with Gasteiger partial charge in [-0.3, -0.25) is 28.9 Å². The minimum atomic E-state index is -0.814. The Morgan fingerprint density at radius 2 is 1.26 bits per heavy atom. The number of ether oxygens (including phenoxy) is 1. The van der Waals surface area contributed by atoms with Crippen molar-refractivity contribution < 1.29 is 28.7 Å². The fourth-order valence-electron chi connectivity index (χ4n) is 7.08. The van der Waals surface area contributed by atoms with Crippen LogP contribution in [-0.4, -0.2) is 79.0 Å². The summed E-state index contributed by atoms with van der Waals surface area (Å²) in [5, 5.41) is 6.12. The zero-order valence-corrected chi connectivity index (χ0v) is 32.0. The lowest BCUT2D eigenvalue weighted by atomic mass is 9.87. The Hall–Kier alpha value is -3.69. The number of nitrogens with one attached hydrogen (secondary N) is 2. The number of ketones is 3. The van der Waals surface area contributed by atoms with Gasteiger partial charge in [-0.2, -0.15) is 0 Å². The van der Waals surface area contributed by atoms with Crippen molar-refractivity contribution >= 4 is 29.2 Å². The van der Waals surface area contributed by atoms with Crippen LogP contribution in [0.15, 0.2) is 60.7 Å². The van der Waals surface area contributed by atoms with Crippen LogP contribution in [0.2, 0.25) is 0 Å². The van der Waals surface area contributed by atoms with Crippen molar-refractivity contribution in [2.75, 3.05) is 32.8 Å². The van der Waals surface area contributed by atoms with E-state index in [4.69, 9.17) is 4.74 Å². The number of carbonyl (C=O) groups excluding carboxylic acids is 5. The highest BCUT2D eigenvalue weighted by atomic mass is 16.5. The van der Waals surface area contributed by atoms with Crippen LogP contribution in [0.3, 0.4) is 0 Å². The van der Waals surface area contributed by atoms with E-state index in [-0.39, 0.29) is 67.8 Å². The SMILES string of the molecule is C.CC(C)C[C@H](NC(=O)[C@H](CCc1ccccc1)CC(=O)CN1CCOCC1)C(=O)C[C@@H](Cc1ccccc1)C(=O)N[C@@H](CC(C)C)C(=O)C1(C)CC1. The third-order valence-corrected chi connectivity index (χ3v) is 10.5. The van der Waals surface area contributed by atoms with Crippen LogP contribution < -0.4 is 10.6 Å². The fraction of sp³-hybridized carbons (Fsp3) is 0.614. The van der Waals surface area contributed by atoms with Gasteiger partial charge in [0.25, 0.3) is 0 Å². The Bertz CT molecular complexity index is 1470. The Morgan fingerprint density at radius 3 is 1.83 bits per heavy atom.